The minimum atomic E-state index is 0.231. The summed E-state index contributed by atoms with van der Waals surface area (Å²) in [6.07, 6.45) is 6.10. The third-order valence-electron chi connectivity index (χ3n) is 13.1. The molecule has 10 aromatic rings. The molecule has 0 spiro atoms. The first-order valence-electron chi connectivity index (χ1n) is 21.2. The predicted molar refractivity (Wildman–Crippen MR) is 273 cm³/mol. The molecule has 0 N–H and O–H groups in total. The van der Waals surface area contributed by atoms with E-state index in [2.05, 4.69) is 152 Å². The van der Waals surface area contributed by atoms with Crippen LogP contribution in [0.5, 0.6) is 0 Å². The fraction of sp³-hybridized carbons (Fsp3) is 0.283. The average molecular weight is 879 g/mol. The first-order chi connectivity index (χ1) is 28.5. The fourth-order valence-corrected chi connectivity index (χ4v) is 16.4. The Morgan fingerprint density at radius 3 is 1.46 bits per heavy atom. The summed E-state index contributed by atoms with van der Waals surface area (Å²) in [6, 6.07) is 38.2. The second kappa shape index (κ2) is 15.1. The molecule has 6 aromatic heterocycles. The summed E-state index contributed by atoms with van der Waals surface area (Å²) in [5.74, 6) is 0. The number of hydrogen-bond donors (Lipinski definition) is 0. The molecule has 0 bridgehead atoms. The van der Waals surface area contributed by atoms with E-state index in [0.29, 0.717) is 0 Å². The normalized spacial score (nSPS) is 12.7. The van der Waals surface area contributed by atoms with Crippen molar-refractivity contribution in [2.45, 2.75) is 98.3 Å². The molecule has 0 aliphatic carbocycles. The van der Waals surface area contributed by atoms with E-state index in [-0.39, 0.29) is 10.8 Å². The van der Waals surface area contributed by atoms with Gasteiger partial charge in [0.1, 0.15) is 0 Å². The Morgan fingerprint density at radius 2 is 0.881 bits per heavy atom. The molecule has 59 heavy (non-hydrogen) atoms. The molecular formula is C53H50S6. The van der Waals surface area contributed by atoms with E-state index >= 15 is 0 Å². The van der Waals surface area contributed by atoms with Crippen LogP contribution in [0, 0.1) is 13.8 Å². The van der Waals surface area contributed by atoms with Gasteiger partial charge in [0.05, 0.1) is 0 Å². The molecule has 0 aliphatic rings. The molecule has 0 amide bonds. The number of unbranched alkanes of at least 4 members (excludes halogenated alkanes) is 1. The summed E-state index contributed by atoms with van der Waals surface area (Å²) in [4.78, 5) is 14.1. The lowest BCUT2D eigenvalue weighted by atomic mass is 9.83. The van der Waals surface area contributed by atoms with E-state index < -0.39 is 0 Å². The maximum Gasteiger partial charge on any atom is 0.0478 e. The molecule has 0 unspecified atom stereocenters. The smallest absolute Gasteiger partial charge is 0.0478 e. The monoisotopic (exact) mass is 878 g/mol. The minimum Gasteiger partial charge on any atom is -0.140 e. The molecule has 0 radical (unpaired) electrons. The SMILES string of the molecule is CCCCC(C)(C)c1ccc(-c2sc(-c3cc(C)c(-c4ccc(-c5cc6c(ccc7c6ccc6c8ccc9sc(C(C)(CC)CC)cc9c8ccc76)s5)s4)s3)cc2C)s1. The van der Waals surface area contributed by atoms with Gasteiger partial charge in [-0.25, -0.2) is 0 Å². The van der Waals surface area contributed by atoms with E-state index in [1.54, 1.807) is 0 Å². The zero-order valence-corrected chi connectivity index (χ0v) is 40.1. The van der Waals surface area contributed by atoms with Crippen LogP contribution in [-0.2, 0) is 10.8 Å². The number of hydrogen-bond acceptors (Lipinski definition) is 6. The predicted octanol–water partition coefficient (Wildman–Crippen LogP) is 19.7. The molecule has 0 nitrogen and oxygen atoms in total. The van der Waals surface area contributed by atoms with Crippen molar-refractivity contribution in [2.75, 3.05) is 0 Å². The summed E-state index contributed by atoms with van der Waals surface area (Å²) in [7, 11) is 0. The molecule has 0 aliphatic heterocycles. The van der Waals surface area contributed by atoms with Crippen LogP contribution in [0.1, 0.15) is 94.5 Å². The Morgan fingerprint density at radius 1 is 0.407 bits per heavy atom. The molecular weight excluding hydrogens is 829 g/mol. The van der Waals surface area contributed by atoms with Gasteiger partial charge in [0.2, 0.25) is 0 Å². The van der Waals surface area contributed by atoms with Crippen LogP contribution in [-0.4, -0.2) is 0 Å². The summed E-state index contributed by atoms with van der Waals surface area (Å²) in [5, 5.41) is 10.9. The highest BCUT2D eigenvalue weighted by molar-refractivity contribution is 7.30. The van der Waals surface area contributed by atoms with Crippen molar-refractivity contribution in [1.82, 2.24) is 0 Å². The Bertz CT molecular complexity index is 3190. The van der Waals surface area contributed by atoms with E-state index in [0.717, 1.165) is 12.8 Å². The first-order valence-corrected chi connectivity index (χ1v) is 26.1. The third kappa shape index (κ3) is 6.69. The first kappa shape index (κ1) is 39.5. The van der Waals surface area contributed by atoms with Gasteiger partial charge < -0.3 is 0 Å². The molecule has 0 fully saturated rings. The van der Waals surface area contributed by atoms with Crippen LogP contribution in [0.2, 0.25) is 0 Å². The molecule has 298 valence electrons. The van der Waals surface area contributed by atoms with Crippen molar-refractivity contribution in [3.05, 3.63) is 118 Å². The van der Waals surface area contributed by atoms with Gasteiger partial charge in [-0.1, -0.05) is 90.8 Å². The van der Waals surface area contributed by atoms with E-state index in [9.17, 15) is 0 Å². The van der Waals surface area contributed by atoms with Gasteiger partial charge in [0.15, 0.2) is 0 Å². The van der Waals surface area contributed by atoms with E-state index in [1.807, 2.05) is 68.0 Å². The third-order valence-corrected chi connectivity index (χ3v) is 21.4. The van der Waals surface area contributed by atoms with Crippen LogP contribution in [0.3, 0.4) is 0 Å². The highest BCUT2D eigenvalue weighted by Crippen LogP contribution is 2.50. The summed E-state index contributed by atoms with van der Waals surface area (Å²) in [5.41, 5.74) is 3.22. The molecule has 10 rings (SSSR count). The van der Waals surface area contributed by atoms with Gasteiger partial charge >= 0.3 is 0 Å². The second-order valence-corrected chi connectivity index (χ2v) is 23.9. The molecule has 4 aromatic carbocycles. The van der Waals surface area contributed by atoms with E-state index in [1.165, 1.54) is 132 Å². The van der Waals surface area contributed by atoms with Gasteiger partial charge in [-0.05, 0) is 143 Å². The molecule has 0 saturated heterocycles. The van der Waals surface area contributed by atoms with E-state index in [4.69, 9.17) is 0 Å². The minimum absolute atomic E-state index is 0.231. The van der Waals surface area contributed by atoms with Gasteiger partial charge in [-0.2, -0.15) is 0 Å². The second-order valence-electron chi connectivity index (χ2n) is 17.4. The Kier molecular flexibility index (Phi) is 10.1. The van der Waals surface area contributed by atoms with Crippen molar-refractivity contribution in [2.24, 2.45) is 0 Å². The molecule has 0 atom stereocenters. The quantitative estimate of drug-likeness (QED) is 0.114. The number of fused-ring (bicyclic) bond motifs is 9. The maximum atomic E-state index is 2.49. The number of benzene rings is 4. The summed E-state index contributed by atoms with van der Waals surface area (Å²) < 4.78 is 2.75. The average Bonchev–Trinajstić information content (AvgIpc) is 4.10. The lowest BCUT2D eigenvalue weighted by molar-refractivity contribution is 0.448. The fourth-order valence-electron chi connectivity index (χ4n) is 8.95. The summed E-state index contributed by atoms with van der Waals surface area (Å²) >= 11 is 11.7. The standard InChI is InChI=1S/C53H50S6/c1-9-12-25-52(6,7)48-24-23-44(57-48)51-31(5)27-46(59-51)45-26-30(4)50(58-45)43-22-21-42(55-43)47-28-38-36-15-13-33-32(34(36)17-19-40(38)54-47)14-16-37-35(33)18-20-41-39(37)29-49(56-41)53(8,10-2)11-3/h13-24,26-29H,9-12,25H2,1-8H3. The largest absolute Gasteiger partial charge is 0.140 e. The van der Waals surface area contributed by atoms with Gasteiger partial charge in [-0.15, -0.1) is 68.0 Å². The Hall–Kier alpha value is -3.62. The number of aryl methyl sites for hydroxylation is 2. The van der Waals surface area contributed by atoms with Crippen LogP contribution < -0.4 is 0 Å². The number of thiophene rings is 6. The van der Waals surface area contributed by atoms with Gasteiger partial charge in [0, 0.05) is 74.4 Å². The Labute approximate surface area is 372 Å². The van der Waals surface area contributed by atoms with Crippen LogP contribution >= 0.6 is 68.0 Å². The van der Waals surface area contributed by atoms with Gasteiger partial charge in [0.25, 0.3) is 0 Å². The number of rotatable bonds is 11. The van der Waals surface area contributed by atoms with Crippen molar-refractivity contribution in [3.8, 4) is 39.0 Å². The maximum absolute atomic E-state index is 2.49. The zero-order valence-electron chi connectivity index (χ0n) is 35.2. The lowest BCUT2D eigenvalue weighted by Gasteiger charge is -2.24. The van der Waals surface area contributed by atoms with Crippen molar-refractivity contribution in [1.29, 1.82) is 0 Å². The molecule has 0 saturated carbocycles. The lowest BCUT2D eigenvalue weighted by Crippen LogP contribution is -2.17. The van der Waals surface area contributed by atoms with Crippen LogP contribution in [0.4, 0.5) is 0 Å². The highest BCUT2D eigenvalue weighted by atomic mass is 32.1. The van der Waals surface area contributed by atoms with Crippen molar-refractivity contribution in [3.63, 3.8) is 0 Å². The molecule has 6 heteroatoms. The van der Waals surface area contributed by atoms with Crippen LogP contribution in [0.15, 0.2) is 97.1 Å². The topological polar surface area (TPSA) is 0 Å². The molecule has 6 heterocycles. The Balaban J connectivity index is 0.950. The van der Waals surface area contributed by atoms with Gasteiger partial charge in [-0.3, -0.25) is 0 Å². The zero-order chi connectivity index (χ0) is 40.8. The van der Waals surface area contributed by atoms with Crippen molar-refractivity contribution < 1.29 is 0 Å². The van der Waals surface area contributed by atoms with Crippen molar-refractivity contribution >= 4 is 121 Å². The van der Waals surface area contributed by atoms with Crippen LogP contribution in [0.25, 0.3) is 91.5 Å². The highest BCUT2D eigenvalue weighted by Gasteiger charge is 2.26. The summed E-state index contributed by atoms with van der Waals surface area (Å²) in [6.45, 7) is 18.8.